The number of nitro groups is 1. The smallest absolute Gasteiger partial charge is 0.325 e. The molecule has 2 heterocycles. The highest BCUT2D eigenvalue weighted by Crippen LogP contribution is 2.31. The summed E-state index contributed by atoms with van der Waals surface area (Å²) in [7, 11) is 1.56. The Morgan fingerprint density at radius 2 is 2.03 bits per heavy atom. The lowest BCUT2D eigenvalue weighted by Gasteiger charge is -2.22. The lowest BCUT2D eigenvalue weighted by atomic mass is 9.91. The van der Waals surface area contributed by atoms with Crippen molar-refractivity contribution in [2.24, 2.45) is 0 Å². The van der Waals surface area contributed by atoms with E-state index in [0.29, 0.717) is 30.2 Å². The highest BCUT2D eigenvalue weighted by Gasteiger charge is 2.49. The summed E-state index contributed by atoms with van der Waals surface area (Å²) < 4.78 is 10.4. The van der Waals surface area contributed by atoms with Gasteiger partial charge in [-0.3, -0.25) is 19.8 Å². The van der Waals surface area contributed by atoms with Crippen LogP contribution in [0.15, 0.2) is 42.6 Å². The van der Waals surface area contributed by atoms with Crippen molar-refractivity contribution in [3.05, 3.63) is 63.8 Å². The topological polar surface area (TPSA) is 124 Å². The molecule has 1 aromatic heterocycles. The molecule has 0 aliphatic carbocycles. The molecule has 1 aromatic carbocycles. The Balaban J connectivity index is 1.80. The number of pyridine rings is 1. The molecule has 152 valence electrons. The van der Waals surface area contributed by atoms with Gasteiger partial charge in [-0.2, -0.15) is 0 Å². The molecule has 1 aliphatic heterocycles. The fourth-order valence-electron chi connectivity index (χ4n) is 3.01. The molecule has 1 N–H and O–H groups in total. The highest BCUT2D eigenvalue weighted by molar-refractivity contribution is 6.07. The van der Waals surface area contributed by atoms with Gasteiger partial charge in [-0.25, -0.2) is 9.78 Å². The maximum absolute atomic E-state index is 13.0. The Hall–Kier alpha value is -3.53. The van der Waals surface area contributed by atoms with Crippen molar-refractivity contribution in [3.63, 3.8) is 0 Å². The second-order valence-electron chi connectivity index (χ2n) is 6.60. The molecule has 0 saturated carbocycles. The van der Waals surface area contributed by atoms with Crippen LogP contribution >= 0.6 is 0 Å². The van der Waals surface area contributed by atoms with Crippen LogP contribution in [0.25, 0.3) is 0 Å². The third-order valence-corrected chi connectivity index (χ3v) is 4.59. The number of methoxy groups -OCH3 is 1. The summed E-state index contributed by atoms with van der Waals surface area (Å²) in [5.74, 6) is -0.144. The summed E-state index contributed by atoms with van der Waals surface area (Å²) in [6.07, 6.45) is 1.52. The van der Waals surface area contributed by atoms with Crippen molar-refractivity contribution in [3.8, 4) is 5.88 Å². The molecule has 10 heteroatoms. The molecule has 3 amide bonds. The first-order valence-corrected chi connectivity index (χ1v) is 8.81. The molecule has 0 spiro atoms. The second-order valence-corrected chi connectivity index (χ2v) is 6.60. The Kier molecular flexibility index (Phi) is 5.74. The summed E-state index contributed by atoms with van der Waals surface area (Å²) in [5.41, 5.74) is -0.560. The number of urea groups is 1. The van der Waals surface area contributed by atoms with E-state index in [0.717, 1.165) is 4.90 Å². The number of non-ortho nitro benzene ring substituents is 1. The van der Waals surface area contributed by atoms with Crippen LogP contribution in [0, 0.1) is 10.1 Å². The molecule has 3 rings (SSSR count). The SMILES string of the molecule is COCCOc1cc(CN2C(=O)N[C@](C)(c3cccc([N+](=O)[O-])c3)C2=O)ccn1. The van der Waals surface area contributed by atoms with Crippen molar-refractivity contribution in [2.45, 2.75) is 19.0 Å². The number of nitro benzene ring substituents is 1. The van der Waals surface area contributed by atoms with Crippen molar-refractivity contribution in [2.75, 3.05) is 20.3 Å². The van der Waals surface area contributed by atoms with Crippen molar-refractivity contribution in [1.29, 1.82) is 0 Å². The average Bonchev–Trinajstić information content (AvgIpc) is 2.93. The number of rotatable bonds is 8. The van der Waals surface area contributed by atoms with Gasteiger partial charge in [0.25, 0.3) is 11.6 Å². The fraction of sp³-hybridized carbons (Fsp3) is 0.316. The largest absolute Gasteiger partial charge is 0.475 e. The van der Waals surface area contributed by atoms with Crippen LogP contribution < -0.4 is 10.1 Å². The number of nitrogens with one attached hydrogen (secondary N) is 1. The van der Waals surface area contributed by atoms with E-state index in [1.54, 1.807) is 25.3 Å². The lowest BCUT2D eigenvalue weighted by Crippen LogP contribution is -2.40. The molecule has 29 heavy (non-hydrogen) atoms. The Labute approximate surface area is 166 Å². The van der Waals surface area contributed by atoms with Gasteiger partial charge in [-0.05, 0) is 24.1 Å². The predicted octanol–water partition coefficient (Wildman–Crippen LogP) is 1.98. The highest BCUT2D eigenvalue weighted by atomic mass is 16.6. The monoisotopic (exact) mass is 400 g/mol. The van der Waals surface area contributed by atoms with Gasteiger partial charge in [-0.1, -0.05) is 12.1 Å². The predicted molar refractivity (Wildman–Crippen MR) is 101 cm³/mol. The van der Waals surface area contributed by atoms with E-state index >= 15 is 0 Å². The lowest BCUT2D eigenvalue weighted by molar-refractivity contribution is -0.385. The molecule has 1 atom stereocenters. The van der Waals surface area contributed by atoms with E-state index in [2.05, 4.69) is 10.3 Å². The van der Waals surface area contributed by atoms with Crippen molar-refractivity contribution in [1.82, 2.24) is 15.2 Å². The molecule has 2 aromatic rings. The second kappa shape index (κ2) is 8.23. The van der Waals surface area contributed by atoms with Crippen LogP contribution in [0.3, 0.4) is 0 Å². The fourth-order valence-corrected chi connectivity index (χ4v) is 3.01. The van der Waals surface area contributed by atoms with E-state index < -0.39 is 22.4 Å². The van der Waals surface area contributed by atoms with Crippen LogP contribution in [0.1, 0.15) is 18.1 Å². The minimum Gasteiger partial charge on any atom is -0.475 e. The summed E-state index contributed by atoms with van der Waals surface area (Å²) in [6, 6.07) is 8.40. The van der Waals surface area contributed by atoms with Gasteiger partial charge >= 0.3 is 6.03 Å². The third-order valence-electron chi connectivity index (χ3n) is 4.59. The van der Waals surface area contributed by atoms with E-state index in [1.807, 2.05) is 0 Å². The normalized spacial score (nSPS) is 18.6. The molecule has 1 saturated heterocycles. The summed E-state index contributed by atoms with van der Waals surface area (Å²) in [5, 5.41) is 13.7. The van der Waals surface area contributed by atoms with Crippen LogP contribution in [0.4, 0.5) is 10.5 Å². The van der Waals surface area contributed by atoms with Crippen LogP contribution in [0.2, 0.25) is 0 Å². The molecule has 0 radical (unpaired) electrons. The molecular formula is C19H20N4O6. The van der Waals surface area contributed by atoms with Gasteiger partial charge < -0.3 is 14.8 Å². The molecular weight excluding hydrogens is 380 g/mol. The number of hydrogen-bond acceptors (Lipinski definition) is 7. The first kappa shape index (κ1) is 20.2. The van der Waals surface area contributed by atoms with E-state index in [-0.39, 0.29) is 12.2 Å². The summed E-state index contributed by atoms with van der Waals surface area (Å²) in [4.78, 5) is 41.2. The molecule has 0 bridgehead atoms. The third kappa shape index (κ3) is 4.16. The molecule has 10 nitrogen and oxygen atoms in total. The standard InChI is InChI=1S/C19H20N4O6/c1-19(14-4-3-5-15(11-14)23(26)27)17(24)22(18(25)21-19)12-13-6-7-20-16(10-13)29-9-8-28-2/h3-7,10-11H,8-9,12H2,1-2H3,(H,21,25)/t19-/m1/s1. The van der Waals surface area contributed by atoms with Crippen LogP contribution in [0.5, 0.6) is 5.88 Å². The Bertz CT molecular complexity index is 950. The van der Waals surface area contributed by atoms with E-state index in [1.165, 1.54) is 31.3 Å². The first-order chi connectivity index (χ1) is 13.8. The van der Waals surface area contributed by atoms with Crippen LogP contribution in [-0.2, 0) is 21.6 Å². The zero-order valence-electron chi connectivity index (χ0n) is 16.0. The molecule has 0 unspecified atom stereocenters. The number of ether oxygens (including phenoxy) is 2. The minimum absolute atomic E-state index is 0.0122. The number of imide groups is 1. The summed E-state index contributed by atoms with van der Waals surface area (Å²) in [6.45, 7) is 2.26. The first-order valence-electron chi connectivity index (χ1n) is 8.81. The Morgan fingerprint density at radius 1 is 1.24 bits per heavy atom. The van der Waals surface area contributed by atoms with Gasteiger partial charge in [0.05, 0.1) is 18.1 Å². The number of carbonyl (C=O) groups excluding carboxylic acids is 2. The van der Waals surface area contributed by atoms with Gasteiger partial charge in [0.1, 0.15) is 12.1 Å². The number of nitrogens with zero attached hydrogens (tertiary/aromatic N) is 3. The van der Waals surface area contributed by atoms with Crippen LogP contribution in [-0.4, -0.2) is 47.1 Å². The zero-order chi connectivity index (χ0) is 21.0. The van der Waals surface area contributed by atoms with E-state index in [4.69, 9.17) is 9.47 Å². The quantitative estimate of drug-likeness (QED) is 0.311. The zero-order valence-corrected chi connectivity index (χ0v) is 16.0. The average molecular weight is 400 g/mol. The van der Waals surface area contributed by atoms with Gasteiger partial charge in [-0.15, -0.1) is 0 Å². The maximum Gasteiger partial charge on any atom is 0.325 e. The van der Waals surface area contributed by atoms with Crippen molar-refractivity contribution >= 4 is 17.6 Å². The number of aromatic nitrogens is 1. The molecule has 1 fully saturated rings. The minimum atomic E-state index is -1.39. The van der Waals surface area contributed by atoms with Gasteiger partial charge in [0.2, 0.25) is 5.88 Å². The number of hydrogen-bond donors (Lipinski definition) is 1. The Morgan fingerprint density at radius 3 is 2.76 bits per heavy atom. The summed E-state index contributed by atoms with van der Waals surface area (Å²) >= 11 is 0. The van der Waals surface area contributed by atoms with Crippen molar-refractivity contribution < 1.29 is 24.0 Å². The number of amides is 3. The maximum atomic E-state index is 13.0. The van der Waals surface area contributed by atoms with Gasteiger partial charge in [0.15, 0.2) is 0 Å². The number of carbonyl (C=O) groups is 2. The van der Waals surface area contributed by atoms with E-state index in [9.17, 15) is 19.7 Å². The number of benzene rings is 1. The van der Waals surface area contributed by atoms with Gasteiger partial charge in [0, 0.05) is 31.5 Å². The molecule has 1 aliphatic rings.